The lowest BCUT2D eigenvalue weighted by molar-refractivity contribution is -0.175. The summed E-state index contributed by atoms with van der Waals surface area (Å²) in [6.07, 6.45) is 8.53. The van der Waals surface area contributed by atoms with Gasteiger partial charge < -0.3 is 10.2 Å². The topological polar surface area (TPSA) is 57.5 Å². The molecule has 0 amide bonds. The molecule has 0 aromatic rings. The van der Waals surface area contributed by atoms with Gasteiger partial charge in [-0.2, -0.15) is 0 Å². The minimum absolute atomic E-state index is 0.0239. The van der Waals surface area contributed by atoms with E-state index in [4.69, 9.17) is 0 Å². The zero-order valence-electron chi connectivity index (χ0n) is 16.4. The molecule has 4 aliphatic carbocycles. The molecule has 2 N–H and O–H groups in total. The number of fused-ring (bicyclic) bond motifs is 5. The third kappa shape index (κ3) is 2.15. The normalized spacial score (nSPS) is 58.2. The second kappa shape index (κ2) is 5.55. The van der Waals surface area contributed by atoms with Gasteiger partial charge in [0.25, 0.3) is 0 Å². The predicted octanol–water partition coefficient (Wildman–Crippen LogP) is 3.96. The first-order valence-electron chi connectivity index (χ1n) is 10.6. The first-order valence-corrected chi connectivity index (χ1v) is 10.6. The fourth-order valence-corrected chi connectivity index (χ4v) is 8.33. The second-order valence-electron chi connectivity index (χ2n) is 10.5. The Morgan fingerprint density at radius 3 is 2.40 bits per heavy atom. The van der Waals surface area contributed by atoms with Crippen molar-refractivity contribution in [2.75, 3.05) is 0 Å². The molecule has 4 rings (SSSR count). The molecule has 0 aliphatic heterocycles. The van der Waals surface area contributed by atoms with Crippen LogP contribution in [0, 0.1) is 40.4 Å². The summed E-state index contributed by atoms with van der Waals surface area (Å²) in [7, 11) is 0. The van der Waals surface area contributed by atoms with Gasteiger partial charge in [0.2, 0.25) is 0 Å². The number of carbonyl (C=O) groups is 1. The van der Waals surface area contributed by atoms with Gasteiger partial charge in [-0.1, -0.05) is 20.8 Å². The number of rotatable bonds is 1. The Morgan fingerprint density at radius 1 is 1.00 bits per heavy atom. The highest BCUT2D eigenvalue weighted by Crippen LogP contribution is 2.69. The molecule has 0 radical (unpaired) electrons. The number of hydrogen-bond donors (Lipinski definition) is 2. The van der Waals surface area contributed by atoms with E-state index in [1.54, 1.807) is 6.92 Å². The van der Waals surface area contributed by atoms with E-state index in [-0.39, 0.29) is 23.2 Å². The summed E-state index contributed by atoms with van der Waals surface area (Å²) >= 11 is 0. The number of hydrogen-bond acceptors (Lipinski definition) is 3. The van der Waals surface area contributed by atoms with Crippen LogP contribution in [-0.4, -0.2) is 27.7 Å². The van der Waals surface area contributed by atoms with Gasteiger partial charge in [0.05, 0.1) is 6.10 Å². The first kappa shape index (κ1) is 18.0. The lowest BCUT2D eigenvalue weighted by atomic mass is 9.44. The molecule has 4 fully saturated rings. The van der Waals surface area contributed by atoms with Crippen molar-refractivity contribution < 1.29 is 15.0 Å². The Balaban J connectivity index is 1.67. The van der Waals surface area contributed by atoms with Crippen LogP contribution in [0.2, 0.25) is 0 Å². The smallest absolute Gasteiger partial charge is 0.162 e. The van der Waals surface area contributed by atoms with Crippen LogP contribution in [0.1, 0.15) is 79.1 Å². The number of ketones is 1. The molecule has 3 nitrogen and oxygen atoms in total. The van der Waals surface area contributed by atoms with Crippen LogP contribution in [0.4, 0.5) is 0 Å². The molecule has 9 atom stereocenters. The summed E-state index contributed by atoms with van der Waals surface area (Å²) < 4.78 is 0. The summed E-state index contributed by atoms with van der Waals surface area (Å²) in [5.74, 6) is 2.53. The van der Waals surface area contributed by atoms with Crippen LogP contribution in [0.15, 0.2) is 0 Å². The van der Waals surface area contributed by atoms with E-state index < -0.39 is 5.60 Å². The molecule has 4 aliphatic rings. The Bertz CT molecular complexity index is 574. The molecule has 142 valence electrons. The van der Waals surface area contributed by atoms with Crippen LogP contribution in [-0.2, 0) is 4.79 Å². The molecule has 0 heterocycles. The summed E-state index contributed by atoms with van der Waals surface area (Å²) in [6.45, 7) is 8.37. The van der Waals surface area contributed by atoms with Gasteiger partial charge in [-0.3, -0.25) is 4.79 Å². The summed E-state index contributed by atoms with van der Waals surface area (Å²) in [6, 6.07) is 0. The van der Waals surface area contributed by atoms with Crippen molar-refractivity contribution in [1.82, 2.24) is 0 Å². The molecule has 0 aromatic heterocycles. The Kier molecular flexibility index (Phi) is 3.99. The fourth-order valence-electron chi connectivity index (χ4n) is 8.33. The monoisotopic (exact) mass is 348 g/mol. The molecule has 0 saturated heterocycles. The number of aliphatic hydroxyl groups is 2. The number of Topliss-reactive ketones (excluding diaryl/α,β-unsaturated/α-hetero) is 1. The zero-order chi connectivity index (χ0) is 18.2. The number of carbonyl (C=O) groups excluding carboxylic acids is 1. The molecule has 3 heteroatoms. The van der Waals surface area contributed by atoms with Crippen molar-refractivity contribution in [1.29, 1.82) is 0 Å². The molecule has 25 heavy (non-hydrogen) atoms. The van der Waals surface area contributed by atoms with Crippen LogP contribution in [0.25, 0.3) is 0 Å². The van der Waals surface area contributed by atoms with Gasteiger partial charge in [0, 0.05) is 5.41 Å². The minimum Gasteiger partial charge on any atom is -0.393 e. The van der Waals surface area contributed by atoms with Crippen LogP contribution in [0.5, 0.6) is 0 Å². The minimum atomic E-state index is -1.14. The third-order valence-electron chi connectivity index (χ3n) is 9.76. The number of aliphatic hydroxyl groups excluding tert-OH is 1. The van der Waals surface area contributed by atoms with E-state index in [0.717, 1.165) is 38.5 Å². The maximum atomic E-state index is 12.4. The Morgan fingerprint density at radius 2 is 1.72 bits per heavy atom. The quantitative estimate of drug-likeness (QED) is 0.754. The standard InChI is InChI=1S/C22H36O3/c1-13-11-19-17-6-5-15-12-16(24)7-9-20(15,3)18(17)8-10-21(19,4)22(13,25)14(2)23/h13,15-19,24-25H,5-12H2,1-4H3/t13-,15-,16+,17-,18+,19+,20+,21+,22+/m1/s1. The van der Waals surface area contributed by atoms with E-state index >= 15 is 0 Å². The molecule has 0 unspecified atom stereocenters. The zero-order valence-corrected chi connectivity index (χ0v) is 16.4. The first-order chi connectivity index (χ1) is 11.6. The Hall–Kier alpha value is -0.410. The van der Waals surface area contributed by atoms with Crippen LogP contribution in [0.3, 0.4) is 0 Å². The molecule has 0 aromatic carbocycles. The van der Waals surface area contributed by atoms with E-state index in [0.29, 0.717) is 29.1 Å². The molecule has 0 spiro atoms. The van der Waals surface area contributed by atoms with Crippen LogP contribution >= 0.6 is 0 Å². The van der Waals surface area contributed by atoms with Crippen molar-refractivity contribution in [3.8, 4) is 0 Å². The maximum absolute atomic E-state index is 12.4. The Labute approximate surface area is 152 Å². The van der Waals surface area contributed by atoms with E-state index in [1.165, 1.54) is 12.8 Å². The van der Waals surface area contributed by atoms with Gasteiger partial charge in [-0.05, 0) is 93.3 Å². The van der Waals surface area contributed by atoms with Crippen molar-refractivity contribution >= 4 is 5.78 Å². The average molecular weight is 349 g/mol. The highest BCUT2D eigenvalue weighted by molar-refractivity contribution is 5.86. The van der Waals surface area contributed by atoms with Crippen molar-refractivity contribution in [3.63, 3.8) is 0 Å². The van der Waals surface area contributed by atoms with Gasteiger partial charge in [-0.15, -0.1) is 0 Å². The average Bonchev–Trinajstić information content (AvgIpc) is 2.77. The lowest BCUT2D eigenvalue weighted by Gasteiger charge is -2.61. The van der Waals surface area contributed by atoms with Gasteiger partial charge >= 0.3 is 0 Å². The third-order valence-corrected chi connectivity index (χ3v) is 9.76. The van der Waals surface area contributed by atoms with Gasteiger partial charge in [-0.25, -0.2) is 0 Å². The highest BCUT2D eigenvalue weighted by atomic mass is 16.3. The SMILES string of the molecule is CC(=O)[C@@]1(O)[C@H](C)C[C@H]2[C@@H]3CC[C@@H]4C[C@@H](O)CC[C@]4(C)[C@H]3CC[C@@]21C. The van der Waals surface area contributed by atoms with Crippen molar-refractivity contribution in [2.45, 2.75) is 90.8 Å². The van der Waals surface area contributed by atoms with Gasteiger partial charge in [0.1, 0.15) is 5.60 Å². The molecule has 0 bridgehead atoms. The largest absolute Gasteiger partial charge is 0.393 e. The van der Waals surface area contributed by atoms with E-state index in [2.05, 4.69) is 20.8 Å². The second-order valence-corrected chi connectivity index (χ2v) is 10.5. The summed E-state index contributed by atoms with van der Waals surface area (Å²) in [5, 5.41) is 21.6. The lowest BCUT2D eigenvalue weighted by Crippen LogP contribution is -2.59. The highest BCUT2D eigenvalue weighted by Gasteiger charge is 2.68. The van der Waals surface area contributed by atoms with Crippen molar-refractivity contribution in [3.05, 3.63) is 0 Å². The summed E-state index contributed by atoms with van der Waals surface area (Å²) in [4.78, 5) is 12.4. The van der Waals surface area contributed by atoms with Crippen LogP contribution < -0.4 is 0 Å². The van der Waals surface area contributed by atoms with Gasteiger partial charge in [0.15, 0.2) is 5.78 Å². The summed E-state index contributed by atoms with van der Waals surface area (Å²) in [5.41, 5.74) is -1.04. The molecule has 4 saturated carbocycles. The maximum Gasteiger partial charge on any atom is 0.162 e. The molecular weight excluding hydrogens is 312 g/mol. The predicted molar refractivity (Wildman–Crippen MR) is 97.9 cm³/mol. The van der Waals surface area contributed by atoms with E-state index in [9.17, 15) is 15.0 Å². The molecular formula is C22H36O3. The fraction of sp³-hybridized carbons (Fsp3) is 0.955. The van der Waals surface area contributed by atoms with Crippen molar-refractivity contribution in [2.24, 2.45) is 40.4 Å². The van der Waals surface area contributed by atoms with E-state index in [1.807, 2.05) is 0 Å².